The summed E-state index contributed by atoms with van der Waals surface area (Å²) in [6.07, 6.45) is 4.37. The topological polar surface area (TPSA) is 64.8 Å². The van der Waals surface area contributed by atoms with E-state index in [9.17, 15) is 4.79 Å². The molecule has 1 aromatic rings. The molecule has 1 aliphatic heterocycles. The summed E-state index contributed by atoms with van der Waals surface area (Å²) in [6, 6.07) is 5.34. The van der Waals surface area contributed by atoms with Crippen LogP contribution in [-0.2, 0) is 0 Å². The van der Waals surface area contributed by atoms with E-state index in [4.69, 9.17) is 15.2 Å². The monoisotopic (exact) mass is 338 g/mol. The smallest absolute Gasteiger partial charge is 0.257 e. The molecule has 0 unspecified atom stereocenters. The van der Waals surface area contributed by atoms with Crippen molar-refractivity contribution in [2.45, 2.75) is 12.8 Å². The van der Waals surface area contributed by atoms with E-state index < -0.39 is 0 Å². The van der Waals surface area contributed by atoms with Crippen LogP contribution in [-0.4, -0.2) is 56.2 Å². The van der Waals surface area contributed by atoms with Crippen LogP contribution >= 0.6 is 11.8 Å². The van der Waals surface area contributed by atoms with E-state index in [1.807, 2.05) is 16.7 Å². The van der Waals surface area contributed by atoms with Crippen molar-refractivity contribution >= 4 is 17.7 Å². The van der Waals surface area contributed by atoms with Gasteiger partial charge in [0.25, 0.3) is 5.91 Å². The summed E-state index contributed by atoms with van der Waals surface area (Å²) in [5.74, 6) is 2.93. The van der Waals surface area contributed by atoms with Crippen LogP contribution < -0.4 is 15.2 Å². The minimum atomic E-state index is 0.0328. The summed E-state index contributed by atoms with van der Waals surface area (Å²) in [4.78, 5) is 14.8. The highest BCUT2D eigenvalue weighted by molar-refractivity contribution is 7.98. The van der Waals surface area contributed by atoms with Gasteiger partial charge in [-0.2, -0.15) is 11.8 Å². The van der Waals surface area contributed by atoms with Gasteiger partial charge in [0, 0.05) is 25.7 Å². The van der Waals surface area contributed by atoms with Gasteiger partial charge in [0.15, 0.2) is 0 Å². The Morgan fingerprint density at radius 2 is 2.30 bits per heavy atom. The fourth-order valence-corrected chi connectivity index (χ4v) is 3.63. The number of carbonyl (C=O) groups excluding carboxylic acids is 1. The minimum Gasteiger partial charge on any atom is -0.497 e. The van der Waals surface area contributed by atoms with Crippen molar-refractivity contribution in [2.24, 2.45) is 11.7 Å². The number of thioether (sulfide) groups is 1. The third-order valence-corrected chi connectivity index (χ3v) is 4.81. The lowest BCUT2D eigenvalue weighted by atomic mass is 9.99. The molecule has 5 nitrogen and oxygen atoms in total. The Labute approximate surface area is 142 Å². The summed E-state index contributed by atoms with van der Waals surface area (Å²) in [7, 11) is 1.60. The highest BCUT2D eigenvalue weighted by atomic mass is 32.2. The first-order valence-corrected chi connectivity index (χ1v) is 9.38. The first kappa shape index (κ1) is 17.9. The van der Waals surface area contributed by atoms with Crippen LogP contribution in [0, 0.1) is 5.92 Å². The molecule has 0 aromatic heterocycles. The van der Waals surface area contributed by atoms with Crippen LogP contribution in [0.3, 0.4) is 0 Å². The molecule has 128 valence electrons. The van der Waals surface area contributed by atoms with Gasteiger partial charge in [0.05, 0.1) is 12.7 Å². The summed E-state index contributed by atoms with van der Waals surface area (Å²) in [6.45, 7) is 2.42. The molecule has 1 heterocycles. The second-order valence-corrected chi connectivity index (χ2v) is 6.62. The van der Waals surface area contributed by atoms with Crippen molar-refractivity contribution < 1.29 is 14.3 Å². The Kier molecular flexibility index (Phi) is 7.05. The zero-order valence-corrected chi connectivity index (χ0v) is 14.7. The van der Waals surface area contributed by atoms with E-state index in [1.165, 1.54) is 6.42 Å². The lowest BCUT2D eigenvalue weighted by Gasteiger charge is -2.33. The van der Waals surface area contributed by atoms with Crippen molar-refractivity contribution in [1.29, 1.82) is 0 Å². The van der Waals surface area contributed by atoms with Gasteiger partial charge in [-0.1, -0.05) is 0 Å². The van der Waals surface area contributed by atoms with E-state index in [-0.39, 0.29) is 5.91 Å². The number of hydrogen-bond acceptors (Lipinski definition) is 5. The molecule has 2 N–H and O–H groups in total. The van der Waals surface area contributed by atoms with Gasteiger partial charge in [-0.15, -0.1) is 0 Å². The minimum absolute atomic E-state index is 0.0328. The number of hydrogen-bond donors (Lipinski definition) is 1. The number of nitrogens with zero attached hydrogens (tertiary/aromatic N) is 1. The Bertz CT molecular complexity index is 523. The number of benzene rings is 1. The van der Waals surface area contributed by atoms with Crippen molar-refractivity contribution in [1.82, 2.24) is 4.90 Å². The fourth-order valence-electron chi connectivity index (χ4n) is 2.89. The van der Waals surface area contributed by atoms with Crippen molar-refractivity contribution in [3.05, 3.63) is 23.8 Å². The molecule has 0 spiro atoms. The zero-order valence-electron chi connectivity index (χ0n) is 13.9. The number of amides is 1. The number of piperidine rings is 1. The molecular weight excluding hydrogens is 312 g/mol. The predicted molar refractivity (Wildman–Crippen MR) is 94.6 cm³/mol. The lowest BCUT2D eigenvalue weighted by Crippen LogP contribution is -2.40. The van der Waals surface area contributed by atoms with Gasteiger partial charge in [0.2, 0.25) is 0 Å². The molecule has 0 saturated carbocycles. The average molecular weight is 338 g/mol. The van der Waals surface area contributed by atoms with Crippen LogP contribution in [0.1, 0.15) is 23.2 Å². The molecule has 23 heavy (non-hydrogen) atoms. The summed E-state index contributed by atoms with van der Waals surface area (Å²) < 4.78 is 10.9. The van der Waals surface area contributed by atoms with Gasteiger partial charge < -0.3 is 20.1 Å². The molecular formula is C17H26N2O3S. The maximum atomic E-state index is 12.9. The summed E-state index contributed by atoms with van der Waals surface area (Å²) in [5.41, 5.74) is 6.10. The molecule has 0 aliphatic carbocycles. The number of likely N-dealkylation sites (tertiary alicyclic amines) is 1. The van der Waals surface area contributed by atoms with Gasteiger partial charge in [-0.05, 0) is 42.9 Å². The quantitative estimate of drug-likeness (QED) is 0.826. The van der Waals surface area contributed by atoms with Crippen molar-refractivity contribution in [3.8, 4) is 11.5 Å². The molecule has 6 heteroatoms. The molecule has 1 atom stereocenters. The second-order valence-electron chi connectivity index (χ2n) is 5.71. The van der Waals surface area contributed by atoms with Crippen LogP contribution in [0.4, 0.5) is 0 Å². The standard InChI is InChI=1S/C17H26N2O3S/c1-21-14-5-6-15(16(10-14)22-9-7-18)17(20)19-8-3-4-13(11-19)12-23-2/h5-6,10,13H,3-4,7-9,11-12,18H2,1-2H3/t13-/m1/s1. The number of rotatable bonds is 7. The number of ether oxygens (including phenoxy) is 2. The third-order valence-electron chi connectivity index (χ3n) is 4.00. The fraction of sp³-hybridized carbons (Fsp3) is 0.588. The van der Waals surface area contributed by atoms with Gasteiger partial charge in [0.1, 0.15) is 18.1 Å². The van der Waals surface area contributed by atoms with Crippen LogP contribution in [0.2, 0.25) is 0 Å². The summed E-state index contributed by atoms with van der Waals surface area (Å²) in [5, 5.41) is 0. The van der Waals surface area contributed by atoms with E-state index in [1.54, 1.807) is 25.3 Å². The van der Waals surface area contributed by atoms with Gasteiger partial charge >= 0.3 is 0 Å². The largest absolute Gasteiger partial charge is 0.497 e. The zero-order chi connectivity index (χ0) is 16.7. The predicted octanol–water partition coefficient (Wildman–Crippen LogP) is 2.25. The molecule has 0 radical (unpaired) electrons. The second kappa shape index (κ2) is 9.03. The van der Waals surface area contributed by atoms with E-state index >= 15 is 0 Å². The Hall–Kier alpha value is -1.40. The average Bonchev–Trinajstić information content (AvgIpc) is 2.59. The SMILES string of the molecule is COc1ccc(C(=O)N2CCC[C@@H](CSC)C2)c(OCCN)c1. The lowest BCUT2D eigenvalue weighted by molar-refractivity contribution is 0.0681. The summed E-state index contributed by atoms with van der Waals surface area (Å²) >= 11 is 1.84. The number of carbonyl (C=O) groups is 1. The van der Waals surface area contributed by atoms with Crippen molar-refractivity contribution in [3.63, 3.8) is 0 Å². The first-order valence-electron chi connectivity index (χ1n) is 7.98. The van der Waals surface area contributed by atoms with E-state index in [0.717, 1.165) is 25.3 Å². The Morgan fingerprint density at radius 1 is 1.48 bits per heavy atom. The van der Waals surface area contributed by atoms with Crippen LogP contribution in [0.25, 0.3) is 0 Å². The van der Waals surface area contributed by atoms with Crippen molar-refractivity contribution in [2.75, 3.05) is 45.4 Å². The van der Waals surface area contributed by atoms with Crippen LogP contribution in [0.15, 0.2) is 18.2 Å². The number of nitrogens with two attached hydrogens (primary N) is 1. The van der Waals surface area contributed by atoms with E-state index in [2.05, 4.69) is 6.26 Å². The highest BCUT2D eigenvalue weighted by Gasteiger charge is 2.26. The Morgan fingerprint density at radius 3 is 3.00 bits per heavy atom. The van der Waals surface area contributed by atoms with Gasteiger partial charge in [-0.3, -0.25) is 4.79 Å². The molecule has 1 saturated heterocycles. The molecule has 1 aromatic carbocycles. The molecule has 1 fully saturated rings. The maximum Gasteiger partial charge on any atom is 0.257 e. The van der Waals surface area contributed by atoms with Crippen LogP contribution in [0.5, 0.6) is 11.5 Å². The van der Waals surface area contributed by atoms with Gasteiger partial charge in [-0.25, -0.2) is 0 Å². The maximum absolute atomic E-state index is 12.9. The molecule has 0 bridgehead atoms. The molecule has 2 rings (SSSR count). The highest BCUT2D eigenvalue weighted by Crippen LogP contribution is 2.28. The number of methoxy groups -OCH3 is 1. The molecule has 1 aliphatic rings. The normalized spacial score (nSPS) is 17.9. The third kappa shape index (κ3) is 4.78. The molecule has 1 amide bonds. The van der Waals surface area contributed by atoms with E-state index in [0.29, 0.717) is 36.1 Å². The first-order chi connectivity index (χ1) is 11.2. The Balaban J connectivity index is 2.16.